The molecule has 0 atom stereocenters. The zero-order chi connectivity index (χ0) is 12.8. The standard InChI is InChI=1S/C14H14N2O2/c17-14(18)12-4-2-8-16-13(12)5-1-3-11-6-9-15-10-7-11/h2,4,6-10H,1,3,5H2,(H,17,18). The van der Waals surface area contributed by atoms with Crippen molar-refractivity contribution in [3.63, 3.8) is 0 Å². The first-order chi connectivity index (χ1) is 8.77. The van der Waals surface area contributed by atoms with Gasteiger partial charge in [-0.2, -0.15) is 0 Å². The molecule has 0 spiro atoms. The monoisotopic (exact) mass is 242 g/mol. The second-order valence-corrected chi connectivity index (χ2v) is 4.01. The lowest BCUT2D eigenvalue weighted by Crippen LogP contribution is -2.05. The first-order valence-electron chi connectivity index (χ1n) is 5.83. The molecule has 0 bridgehead atoms. The summed E-state index contributed by atoms with van der Waals surface area (Å²) in [5.41, 5.74) is 2.16. The highest BCUT2D eigenvalue weighted by Gasteiger charge is 2.09. The molecule has 0 aromatic carbocycles. The van der Waals surface area contributed by atoms with Crippen LogP contribution in [-0.2, 0) is 12.8 Å². The summed E-state index contributed by atoms with van der Waals surface area (Å²) in [6, 6.07) is 7.18. The molecule has 0 aliphatic carbocycles. The molecule has 92 valence electrons. The largest absolute Gasteiger partial charge is 0.478 e. The lowest BCUT2D eigenvalue weighted by atomic mass is 10.1. The summed E-state index contributed by atoms with van der Waals surface area (Å²) in [4.78, 5) is 19.1. The van der Waals surface area contributed by atoms with E-state index in [4.69, 9.17) is 5.11 Å². The number of pyridine rings is 2. The van der Waals surface area contributed by atoms with Crippen molar-refractivity contribution in [3.05, 3.63) is 59.7 Å². The number of carboxylic acids is 1. The van der Waals surface area contributed by atoms with Crippen molar-refractivity contribution in [1.29, 1.82) is 0 Å². The van der Waals surface area contributed by atoms with E-state index in [1.165, 1.54) is 5.56 Å². The summed E-state index contributed by atoms with van der Waals surface area (Å²) in [5.74, 6) is -0.915. The molecule has 4 nitrogen and oxygen atoms in total. The average molecular weight is 242 g/mol. The number of rotatable bonds is 5. The van der Waals surface area contributed by atoms with E-state index in [0.29, 0.717) is 17.7 Å². The van der Waals surface area contributed by atoms with E-state index >= 15 is 0 Å². The van der Waals surface area contributed by atoms with Crippen molar-refractivity contribution in [2.45, 2.75) is 19.3 Å². The number of aromatic carboxylic acids is 1. The maximum atomic E-state index is 11.0. The molecule has 0 fully saturated rings. The topological polar surface area (TPSA) is 63.1 Å². The molecule has 2 rings (SSSR count). The molecule has 1 N–H and O–H groups in total. The summed E-state index contributed by atoms with van der Waals surface area (Å²) in [7, 11) is 0. The van der Waals surface area contributed by atoms with Crippen molar-refractivity contribution in [3.8, 4) is 0 Å². The van der Waals surface area contributed by atoms with Crippen LogP contribution >= 0.6 is 0 Å². The first kappa shape index (κ1) is 12.2. The molecule has 2 aromatic rings. The molecule has 0 unspecified atom stereocenters. The first-order valence-corrected chi connectivity index (χ1v) is 5.83. The number of hydrogen-bond acceptors (Lipinski definition) is 3. The Balaban J connectivity index is 1.97. The van der Waals surface area contributed by atoms with Gasteiger partial charge in [-0.1, -0.05) is 0 Å². The zero-order valence-electron chi connectivity index (χ0n) is 9.91. The third kappa shape index (κ3) is 3.13. The van der Waals surface area contributed by atoms with Gasteiger partial charge in [-0.25, -0.2) is 4.79 Å². The van der Waals surface area contributed by atoms with Crippen molar-refractivity contribution >= 4 is 5.97 Å². The van der Waals surface area contributed by atoms with E-state index in [1.807, 2.05) is 12.1 Å². The Labute approximate surface area is 105 Å². The molecule has 0 amide bonds. The van der Waals surface area contributed by atoms with Crippen LogP contribution in [0.15, 0.2) is 42.9 Å². The normalized spacial score (nSPS) is 10.2. The van der Waals surface area contributed by atoms with Gasteiger partial charge in [0.2, 0.25) is 0 Å². The van der Waals surface area contributed by atoms with Gasteiger partial charge in [0.15, 0.2) is 0 Å². The Kier molecular flexibility index (Phi) is 4.02. The quantitative estimate of drug-likeness (QED) is 0.874. The van der Waals surface area contributed by atoms with Crippen LogP contribution in [0.2, 0.25) is 0 Å². The molecule has 0 saturated carbocycles. The molecule has 0 saturated heterocycles. The highest BCUT2D eigenvalue weighted by molar-refractivity contribution is 5.88. The summed E-state index contributed by atoms with van der Waals surface area (Å²) in [6.45, 7) is 0. The summed E-state index contributed by atoms with van der Waals surface area (Å²) < 4.78 is 0. The Morgan fingerprint density at radius 3 is 2.61 bits per heavy atom. The minimum Gasteiger partial charge on any atom is -0.478 e. The van der Waals surface area contributed by atoms with Crippen LogP contribution in [0.5, 0.6) is 0 Å². The van der Waals surface area contributed by atoms with Gasteiger partial charge in [0.1, 0.15) is 0 Å². The predicted molar refractivity (Wildman–Crippen MR) is 67.5 cm³/mol. The third-order valence-electron chi connectivity index (χ3n) is 2.75. The summed E-state index contributed by atoms with van der Waals surface area (Å²) in [5, 5.41) is 9.03. The molecule has 2 aromatic heterocycles. The van der Waals surface area contributed by atoms with E-state index in [2.05, 4.69) is 9.97 Å². The molecular weight excluding hydrogens is 228 g/mol. The van der Waals surface area contributed by atoms with Crippen LogP contribution in [0.3, 0.4) is 0 Å². The second-order valence-electron chi connectivity index (χ2n) is 4.01. The van der Waals surface area contributed by atoms with Gasteiger partial charge in [-0.15, -0.1) is 0 Å². The lowest BCUT2D eigenvalue weighted by molar-refractivity contribution is 0.0695. The van der Waals surface area contributed by atoms with Crippen LogP contribution < -0.4 is 0 Å². The van der Waals surface area contributed by atoms with E-state index in [-0.39, 0.29) is 0 Å². The van der Waals surface area contributed by atoms with Gasteiger partial charge >= 0.3 is 5.97 Å². The fourth-order valence-corrected chi connectivity index (χ4v) is 1.84. The predicted octanol–water partition coefficient (Wildman–Crippen LogP) is 2.35. The van der Waals surface area contributed by atoms with Gasteiger partial charge in [0, 0.05) is 18.6 Å². The molecular formula is C14H14N2O2. The minimum atomic E-state index is -0.915. The average Bonchev–Trinajstić information content (AvgIpc) is 2.40. The number of carbonyl (C=O) groups is 1. The van der Waals surface area contributed by atoms with Gasteiger partial charge in [-0.3, -0.25) is 9.97 Å². The van der Waals surface area contributed by atoms with E-state index in [9.17, 15) is 4.79 Å². The fraction of sp³-hybridized carbons (Fsp3) is 0.214. The maximum absolute atomic E-state index is 11.0. The summed E-state index contributed by atoms with van der Waals surface area (Å²) in [6.07, 6.45) is 7.61. The van der Waals surface area contributed by atoms with E-state index in [0.717, 1.165) is 12.8 Å². The number of carboxylic acid groups (broad SMARTS) is 1. The van der Waals surface area contributed by atoms with Gasteiger partial charge in [0.05, 0.1) is 11.3 Å². The van der Waals surface area contributed by atoms with E-state index in [1.54, 1.807) is 30.7 Å². The molecule has 0 radical (unpaired) electrons. The molecule has 2 heterocycles. The van der Waals surface area contributed by atoms with Gasteiger partial charge in [-0.05, 0) is 49.1 Å². The van der Waals surface area contributed by atoms with Crippen LogP contribution in [0.25, 0.3) is 0 Å². The SMILES string of the molecule is O=C(O)c1cccnc1CCCc1ccncc1. The molecule has 4 heteroatoms. The number of hydrogen-bond donors (Lipinski definition) is 1. The van der Waals surface area contributed by atoms with Crippen LogP contribution in [-0.4, -0.2) is 21.0 Å². The highest BCUT2D eigenvalue weighted by Crippen LogP contribution is 2.10. The van der Waals surface area contributed by atoms with Crippen molar-refractivity contribution < 1.29 is 9.90 Å². The van der Waals surface area contributed by atoms with Crippen molar-refractivity contribution in [1.82, 2.24) is 9.97 Å². The Bertz CT molecular complexity index is 526. The zero-order valence-corrected chi connectivity index (χ0v) is 9.91. The minimum absolute atomic E-state index is 0.298. The summed E-state index contributed by atoms with van der Waals surface area (Å²) >= 11 is 0. The van der Waals surface area contributed by atoms with E-state index < -0.39 is 5.97 Å². The Morgan fingerprint density at radius 1 is 1.11 bits per heavy atom. The Morgan fingerprint density at radius 2 is 1.89 bits per heavy atom. The van der Waals surface area contributed by atoms with Gasteiger partial charge in [0.25, 0.3) is 0 Å². The Hall–Kier alpha value is -2.23. The second kappa shape index (κ2) is 5.91. The van der Waals surface area contributed by atoms with Crippen LogP contribution in [0.4, 0.5) is 0 Å². The number of aryl methyl sites for hydroxylation is 2. The number of nitrogens with zero attached hydrogens (tertiary/aromatic N) is 2. The smallest absolute Gasteiger partial charge is 0.337 e. The van der Waals surface area contributed by atoms with Crippen LogP contribution in [0, 0.1) is 0 Å². The van der Waals surface area contributed by atoms with Crippen molar-refractivity contribution in [2.24, 2.45) is 0 Å². The third-order valence-corrected chi connectivity index (χ3v) is 2.75. The fourth-order valence-electron chi connectivity index (χ4n) is 1.84. The number of aromatic nitrogens is 2. The molecule has 0 aliphatic rings. The van der Waals surface area contributed by atoms with Gasteiger partial charge < -0.3 is 5.11 Å². The van der Waals surface area contributed by atoms with Crippen molar-refractivity contribution in [2.75, 3.05) is 0 Å². The van der Waals surface area contributed by atoms with Crippen LogP contribution in [0.1, 0.15) is 28.0 Å². The molecule has 18 heavy (non-hydrogen) atoms. The lowest BCUT2D eigenvalue weighted by Gasteiger charge is -2.04. The highest BCUT2D eigenvalue weighted by atomic mass is 16.4. The maximum Gasteiger partial charge on any atom is 0.337 e. The molecule has 0 aliphatic heterocycles.